The van der Waals surface area contributed by atoms with Crippen LogP contribution in [0.15, 0.2) is 30.3 Å². The molecule has 0 aliphatic rings. The summed E-state index contributed by atoms with van der Waals surface area (Å²) >= 11 is 0. The summed E-state index contributed by atoms with van der Waals surface area (Å²) in [6.45, 7) is 0. The highest BCUT2D eigenvalue weighted by Crippen LogP contribution is 2.01. The van der Waals surface area contributed by atoms with Crippen LogP contribution in [-0.4, -0.2) is 17.1 Å². The summed E-state index contributed by atoms with van der Waals surface area (Å²) in [5.74, 6) is -0.959. The molecule has 0 amide bonds. The number of hydrogen-bond donors (Lipinski definition) is 2. The van der Waals surface area contributed by atoms with Crippen LogP contribution in [0, 0.1) is 0 Å². The maximum Gasteiger partial charge on any atom is 0.320 e. The summed E-state index contributed by atoms with van der Waals surface area (Å²) in [6.07, 6.45) is 0.385. The lowest BCUT2D eigenvalue weighted by atomic mass is 10.1. The lowest BCUT2D eigenvalue weighted by Crippen LogP contribution is -2.32. The fourth-order valence-corrected chi connectivity index (χ4v) is 0.955. The van der Waals surface area contributed by atoms with E-state index in [9.17, 15) is 4.79 Å². The van der Waals surface area contributed by atoms with Crippen molar-refractivity contribution in [2.45, 2.75) is 12.5 Å². The Hall–Kier alpha value is -1.35. The Morgan fingerprint density at radius 1 is 1.42 bits per heavy atom. The molecule has 0 radical (unpaired) electrons. The molecule has 0 saturated heterocycles. The first kappa shape index (κ1) is 8.74. The Morgan fingerprint density at radius 3 is 2.50 bits per heavy atom. The topological polar surface area (TPSA) is 63.3 Å². The molecular formula is C9H11NO2. The van der Waals surface area contributed by atoms with Crippen molar-refractivity contribution in [1.29, 1.82) is 0 Å². The highest BCUT2D eigenvalue weighted by atomic mass is 16.4. The maximum absolute atomic E-state index is 10.4. The first-order valence-corrected chi connectivity index (χ1v) is 3.72. The zero-order chi connectivity index (χ0) is 8.97. The van der Waals surface area contributed by atoms with Crippen LogP contribution in [0.25, 0.3) is 0 Å². The number of aliphatic carboxylic acids is 1. The molecule has 0 aromatic heterocycles. The Balaban J connectivity index is 2.58. The fourth-order valence-electron chi connectivity index (χ4n) is 0.955. The van der Waals surface area contributed by atoms with Crippen LogP contribution in [0.1, 0.15) is 5.56 Å². The average molecular weight is 166 g/mol. The number of hydrogen-bond acceptors (Lipinski definition) is 2. The normalized spacial score (nSPS) is 12.4. The number of rotatable bonds is 3. The molecule has 3 N–H and O–H groups in total. The maximum atomic E-state index is 10.4. The zero-order valence-electron chi connectivity index (χ0n) is 6.60. The van der Waals surface area contributed by atoms with Crippen LogP contribution < -0.4 is 5.73 Å². The standard InChI is InChI=1S/C9H11NO2/c10-8(9(11)12)6-7-4-2-1-3-5-7/h1-5,8H,6,10H2,(H,11,12)/t8-/m0/s1/i4+1. The Morgan fingerprint density at radius 2 is 2.00 bits per heavy atom. The molecule has 3 nitrogen and oxygen atoms in total. The molecule has 0 unspecified atom stereocenters. The van der Waals surface area contributed by atoms with Crippen LogP contribution in [0.2, 0.25) is 0 Å². The van der Waals surface area contributed by atoms with Gasteiger partial charge >= 0.3 is 5.97 Å². The molecular weight excluding hydrogens is 155 g/mol. The predicted molar refractivity (Wildman–Crippen MR) is 45.8 cm³/mol. The van der Waals surface area contributed by atoms with Gasteiger partial charge in [0, 0.05) is 0 Å². The van der Waals surface area contributed by atoms with Gasteiger partial charge in [0.2, 0.25) is 0 Å². The van der Waals surface area contributed by atoms with E-state index >= 15 is 0 Å². The van der Waals surface area contributed by atoms with Crippen molar-refractivity contribution in [3.05, 3.63) is 35.9 Å². The molecule has 0 fully saturated rings. The van der Waals surface area contributed by atoms with Gasteiger partial charge in [-0.05, 0) is 12.0 Å². The minimum absolute atomic E-state index is 0.385. The van der Waals surface area contributed by atoms with Crippen LogP contribution in [0.5, 0.6) is 0 Å². The Bertz CT molecular complexity index is 258. The van der Waals surface area contributed by atoms with E-state index in [0.29, 0.717) is 6.42 Å². The molecule has 3 heteroatoms. The van der Waals surface area contributed by atoms with Gasteiger partial charge in [-0.25, -0.2) is 0 Å². The second-order valence-corrected chi connectivity index (χ2v) is 2.63. The van der Waals surface area contributed by atoms with Crippen molar-refractivity contribution in [2.75, 3.05) is 0 Å². The predicted octanol–water partition coefficient (Wildman–Crippen LogP) is 0.641. The van der Waals surface area contributed by atoms with Crippen molar-refractivity contribution in [3.8, 4) is 0 Å². The van der Waals surface area contributed by atoms with E-state index in [4.69, 9.17) is 10.8 Å². The average Bonchev–Trinajstić information content (AvgIpc) is 2.06. The van der Waals surface area contributed by atoms with Crippen molar-refractivity contribution in [3.63, 3.8) is 0 Å². The lowest BCUT2D eigenvalue weighted by Gasteiger charge is -2.04. The van der Waals surface area contributed by atoms with Gasteiger partial charge in [-0.15, -0.1) is 0 Å². The van der Waals surface area contributed by atoms with Gasteiger partial charge < -0.3 is 10.8 Å². The summed E-state index contributed by atoms with van der Waals surface area (Å²) in [7, 11) is 0. The minimum Gasteiger partial charge on any atom is -0.480 e. The molecule has 1 atom stereocenters. The monoisotopic (exact) mass is 166 g/mol. The van der Waals surface area contributed by atoms with Gasteiger partial charge in [-0.3, -0.25) is 4.79 Å². The summed E-state index contributed by atoms with van der Waals surface area (Å²) in [6, 6.07) is 8.54. The van der Waals surface area contributed by atoms with Crippen molar-refractivity contribution < 1.29 is 9.90 Å². The first-order chi connectivity index (χ1) is 5.70. The smallest absolute Gasteiger partial charge is 0.320 e. The first-order valence-electron chi connectivity index (χ1n) is 3.72. The van der Waals surface area contributed by atoms with Crippen molar-refractivity contribution >= 4 is 5.97 Å². The summed E-state index contributed by atoms with van der Waals surface area (Å²) in [5, 5.41) is 8.52. The van der Waals surface area contributed by atoms with Gasteiger partial charge in [0.25, 0.3) is 0 Å². The molecule has 12 heavy (non-hydrogen) atoms. The van der Waals surface area contributed by atoms with Crippen LogP contribution in [0.3, 0.4) is 0 Å². The molecule has 1 aromatic rings. The number of carbonyl (C=O) groups is 1. The van der Waals surface area contributed by atoms with Crippen LogP contribution >= 0.6 is 0 Å². The van der Waals surface area contributed by atoms with Crippen LogP contribution in [-0.2, 0) is 11.2 Å². The van der Waals surface area contributed by atoms with E-state index in [-0.39, 0.29) is 0 Å². The zero-order valence-corrected chi connectivity index (χ0v) is 6.60. The molecule has 0 saturated carbocycles. The Kier molecular flexibility index (Phi) is 2.82. The molecule has 1 rings (SSSR count). The van der Waals surface area contributed by atoms with Crippen molar-refractivity contribution in [2.24, 2.45) is 5.73 Å². The highest BCUT2D eigenvalue weighted by molar-refractivity contribution is 5.73. The van der Waals surface area contributed by atoms with Gasteiger partial charge in [-0.2, -0.15) is 0 Å². The highest BCUT2D eigenvalue weighted by Gasteiger charge is 2.10. The van der Waals surface area contributed by atoms with Crippen LogP contribution in [0.4, 0.5) is 0 Å². The summed E-state index contributed by atoms with van der Waals surface area (Å²) in [5.41, 5.74) is 6.30. The summed E-state index contributed by atoms with van der Waals surface area (Å²) in [4.78, 5) is 10.4. The minimum atomic E-state index is -0.959. The SMILES string of the molecule is N[C@@H](Cc1cccc[13cH]1)C(=O)O. The number of carboxylic acids is 1. The Labute approximate surface area is 70.8 Å². The molecule has 0 spiro atoms. The summed E-state index contributed by atoms with van der Waals surface area (Å²) < 4.78 is 0. The van der Waals surface area contributed by atoms with E-state index in [0.717, 1.165) is 5.56 Å². The van der Waals surface area contributed by atoms with E-state index in [1.807, 2.05) is 30.3 Å². The molecule has 0 heterocycles. The van der Waals surface area contributed by atoms with Gasteiger partial charge in [0.05, 0.1) is 0 Å². The van der Waals surface area contributed by atoms with E-state index in [2.05, 4.69) is 0 Å². The largest absolute Gasteiger partial charge is 0.480 e. The number of nitrogens with two attached hydrogens (primary N) is 1. The molecule has 0 bridgehead atoms. The van der Waals surface area contributed by atoms with Crippen molar-refractivity contribution in [1.82, 2.24) is 0 Å². The third-order valence-corrected chi connectivity index (χ3v) is 1.62. The number of benzene rings is 1. The van der Waals surface area contributed by atoms with E-state index in [1.165, 1.54) is 0 Å². The molecule has 0 aliphatic carbocycles. The third-order valence-electron chi connectivity index (χ3n) is 1.62. The van der Waals surface area contributed by atoms with E-state index in [1.54, 1.807) is 0 Å². The van der Waals surface area contributed by atoms with Gasteiger partial charge in [-0.1, -0.05) is 30.3 Å². The molecule has 1 aromatic carbocycles. The third kappa shape index (κ3) is 2.36. The lowest BCUT2D eigenvalue weighted by molar-refractivity contribution is -0.138. The fraction of sp³-hybridized carbons (Fsp3) is 0.222. The molecule has 64 valence electrons. The quantitative estimate of drug-likeness (QED) is 0.692. The van der Waals surface area contributed by atoms with Gasteiger partial charge in [0.15, 0.2) is 0 Å². The second-order valence-electron chi connectivity index (χ2n) is 2.63. The van der Waals surface area contributed by atoms with Gasteiger partial charge in [0.1, 0.15) is 6.04 Å². The second kappa shape index (κ2) is 3.88. The number of carboxylic acid groups (broad SMARTS) is 1. The van der Waals surface area contributed by atoms with E-state index < -0.39 is 12.0 Å². The molecule has 0 aliphatic heterocycles.